The summed E-state index contributed by atoms with van der Waals surface area (Å²) in [5.74, 6) is -0.495. The molecule has 1 aliphatic heterocycles. The largest absolute Gasteiger partial charge is 0.435 e. The number of hydrogen-bond donors (Lipinski definition) is 1. The number of rotatable bonds is 1. The molecule has 1 aliphatic rings. The maximum atomic E-state index is 12.9. The molecule has 1 unspecified atom stereocenters. The minimum Gasteiger partial charge on any atom is -0.396 e. The third-order valence-corrected chi connectivity index (χ3v) is 4.95. The standard InChI is InChI=1S/C9H12F3N3O2S/c1-8(2-3-18(16,17)5-8)15-7(9(10,11)12)6(13)4-14-15/h4H,2-3,5,13H2,1H3. The van der Waals surface area contributed by atoms with E-state index in [2.05, 4.69) is 5.10 Å². The van der Waals surface area contributed by atoms with Crippen molar-refractivity contribution < 1.29 is 21.6 Å². The van der Waals surface area contributed by atoms with Crippen molar-refractivity contribution in [2.24, 2.45) is 0 Å². The molecule has 0 bridgehead atoms. The summed E-state index contributed by atoms with van der Waals surface area (Å²) in [4.78, 5) is 0. The Morgan fingerprint density at radius 2 is 2.11 bits per heavy atom. The molecule has 1 atom stereocenters. The first-order valence-electron chi connectivity index (χ1n) is 5.17. The molecule has 102 valence electrons. The Morgan fingerprint density at radius 3 is 2.56 bits per heavy atom. The van der Waals surface area contributed by atoms with E-state index in [0.717, 1.165) is 6.20 Å². The van der Waals surface area contributed by atoms with Crippen LogP contribution in [0.2, 0.25) is 0 Å². The summed E-state index contributed by atoms with van der Waals surface area (Å²) in [5, 5.41) is 3.61. The van der Waals surface area contributed by atoms with E-state index in [0.29, 0.717) is 4.68 Å². The van der Waals surface area contributed by atoms with Gasteiger partial charge in [-0.3, -0.25) is 4.68 Å². The number of anilines is 1. The van der Waals surface area contributed by atoms with Crippen molar-refractivity contribution in [1.29, 1.82) is 0 Å². The predicted molar refractivity (Wildman–Crippen MR) is 58.6 cm³/mol. The minimum absolute atomic E-state index is 0.0968. The number of nitrogens with two attached hydrogens (primary N) is 1. The molecule has 1 aromatic heterocycles. The molecule has 0 spiro atoms. The van der Waals surface area contributed by atoms with Crippen LogP contribution < -0.4 is 5.73 Å². The van der Waals surface area contributed by atoms with Crippen LogP contribution in [-0.4, -0.2) is 29.7 Å². The zero-order chi connectivity index (χ0) is 13.8. The SMILES string of the molecule is CC1(n2ncc(N)c2C(F)(F)F)CCS(=O)(=O)C1. The Balaban J connectivity index is 2.54. The molecule has 18 heavy (non-hydrogen) atoms. The van der Waals surface area contributed by atoms with Crippen LogP contribution in [0, 0.1) is 0 Å². The highest BCUT2D eigenvalue weighted by Crippen LogP contribution is 2.39. The van der Waals surface area contributed by atoms with Gasteiger partial charge in [-0.1, -0.05) is 0 Å². The summed E-state index contributed by atoms with van der Waals surface area (Å²) in [5.41, 5.74) is 2.50. The smallest absolute Gasteiger partial charge is 0.396 e. The predicted octanol–water partition coefficient (Wildman–Crippen LogP) is 1.02. The maximum absolute atomic E-state index is 12.9. The topological polar surface area (TPSA) is 78.0 Å². The number of sulfone groups is 1. The molecule has 2 heterocycles. The zero-order valence-electron chi connectivity index (χ0n) is 9.53. The Kier molecular flexibility index (Phi) is 2.66. The molecule has 2 rings (SSSR count). The Hall–Kier alpha value is -1.25. The third kappa shape index (κ3) is 2.06. The van der Waals surface area contributed by atoms with E-state index < -0.39 is 32.9 Å². The summed E-state index contributed by atoms with van der Waals surface area (Å²) >= 11 is 0. The van der Waals surface area contributed by atoms with Crippen LogP contribution in [0.5, 0.6) is 0 Å². The molecule has 0 radical (unpaired) electrons. The maximum Gasteiger partial charge on any atom is 0.435 e. The highest BCUT2D eigenvalue weighted by molar-refractivity contribution is 7.91. The summed E-state index contributed by atoms with van der Waals surface area (Å²) in [7, 11) is -3.32. The van der Waals surface area contributed by atoms with Crippen LogP contribution in [0.3, 0.4) is 0 Å². The number of halogens is 3. The molecule has 1 fully saturated rings. The van der Waals surface area contributed by atoms with Crippen molar-refractivity contribution in [2.45, 2.75) is 25.1 Å². The van der Waals surface area contributed by atoms with E-state index in [4.69, 9.17) is 5.73 Å². The molecule has 2 N–H and O–H groups in total. The van der Waals surface area contributed by atoms with Crippen LogP contribution in [0.4, 0.5) is 18.9 Å². The van der Waals surface area contributed by atoms with Gasteiger partial charge < -0.3 is 5.73 Å². The van der Waals surface area contributed by atoms with E-state index in [1.165, 1.54) is 6.92 Å². The molecule has 0 aromatic carbocycles. The second-order valence-electron chi connectivity index (χ2n) is 4.70. The van der Waals surface area contributed by atoms with Gasteiger partial charge in [-0.2, -0.15) is 18.3 Å². The molecule has 0 amide bonds. The highest BCUT2D eigenvalue weighted by Gasteiger charge is 2.47. The van der Waals surface area contributed by atoms with Crippen molar-refractivity contribution in [1.82, 2.24) is 9.78 Å². The van der Waals surface area contributed by atoms with Crippen molar-refractivity contribution in [2.75, 3.05) is 17.2 Å². The normalized spacial score (nSPS) is 27.6. The lowest BCUT2D eigenvalue weighted by Crippen LogP contribution is -2.36. The van der Waals surface area contributed by atoms with Gasteiger partial charge in [0.15, 0.2) is 15.5 Å². The Morgan fingerprint density at radius 1 is 1.50 bits per heavy atom. The Labute approximate surface area is 102 Å². The molecule has 5 nitrogen and oxygen atoms in total. The summed E-state index contributed by atoms with van der Waals surface area (Å²) in [6.45, 7) is 1.44. The second kappa shape index (κ2) is 3.62. The molecule has 0 saturated carbocycles. The van der Waals surface area contributed by atoms with E-state index in [1.807, 2.05) is 0 Å². The van der Waals surface area contributed by atoms with E-state index >= 15 is 0 Å². The van der Waals surface area contributed by atoms with Crippen LogP contribution in [0.1, 0.15) is 19.0 Å². The number of nitrogen functional groups attached to an aromatic ring is 1. The lowest BCUT2D eigenvalue weighted by molar-refractivity contribution is -0.145. The monoisotopic (exact) mass is 283 g/mol. The van der Waals surface area contributed by atoms with Gasteiger partial charge in [0.25, 0.3) is 0 Å². The number of alkyl halides is 3. The van der Waals surface area contributed by atoms with Gasteiger partial charge in [-0.15, -0.1) is 0 Å². The fourth-order valence-corrected chi connectivity index (χ4v) is 4.32. The quantitative estimate of drug-likeness (QED) is 0.834. The number of nitrogens with zero attached hydrogens (tertiary/aromatic N) is 2. The van der Waals surface area contributed by atoms with Crippen LogP contribution in [0.25, 0.3) is 0 Å². The number of aromatic nitrogens is 2. The average molecular weight is 283 g/mol. The van der Waals surface area contributed by atoms with Crippen LogP contribution in [0.15, 0.2) is 6.20 Å². The van der Waals surface area contributed by atoms with E-state index in [9.17, 15) is 21.6 Å². The highest BCUT2D eigenvalue weighted by atomic mass is 32.2. The fourth-order valence-electron chi connectivity index (χ4n) is 2.21. The van der Waals surface area contributed by atoms with Gasteiger partial charge in [-0.25, -0.2) is 8.42 Å². The first kappa shape index (κ1) is 13.2. The van der Waals surface area contributed by atoms with Gasteiger partial charge in [0.1, 0.15) is 0 Å². The summed E-state index contributed by atoms with van der Waals surface area (Å²) < 4.78 is 62.2. The third-order valence-electron chi connectivity index (χ3n) is 3.06. The van der Waals surface area contributed by atoms with Crippen molar-refractivity contribution >= 4 is 15.5 Å². The second-order valence-corrected chi connectivity index (χ2v) is 6.88. The van der Waals surface area contributed by atoms with Gasteiger partial charge in [0, 0.05) is 0 Å². The molecule has 1 saturated heterocycles. The lowest BCUT2D eigenvalue weighted by Gasteiger charge is -2.26. The molecule has 1 aromatic rings. The fraction of sp³-hybridized carbons (Fsp3) is 0.667. The zero-order valence-corrected chi connectivity index (χ0v) is 10.3. The van der Waals surface area contributed by atoms with Crippen LogP contribution >= 0.6 is 0 Å². The molecular weight excluding hydrogens is 271 g/mol. The van der Waals surface area contributed by atoms with E-state index in [1.54, 1.807) is 0 Å². The van der Waals surface area contributed by atoms with E-state index in [-0.39, 0.29) is 17.9 Å². The molecule has 0 aliphatic carbocycles. The minimum atomic E-state index is -4.66. The average Bonchev–Trinajstić information content (AvgIpc) is 2.67. The van der Waals surface area contributed by atoms with Gasteiger partial charge in [0.05, 0.1) is 28.9 Å². The Bertz CT molecular complexity index is 578. The molecular formula is C9H12F3N3O2S. The van der Waals surface area contributed by atoms with Crippen LogP contribution in [-0.2, 0) is 21.6 Å². The first-order valence-corrected chi connectivity index (χ1v) is 6.99. The molecule has 9 heteroatoms. The van der Waals surface area contributed by atoms with Crippen molar-refractivity contribution in [3.05, 3.63) is 11.9 Å². The van der Waals surface area contributed by atoms with Crippen molar-refractivity contribution in [3.63, 3.8) is 0 Å². The summed E-state index contributed by atoms with van der Waals surface area (Å²) in [6.07, 6.45) is -3.66. The number of hydrogen-bond acceptors (Lipinski definition) is 4. The summed E-state index contributed by atoms with van der Waals surface area (Å²) in [6, 6.07) is 0. The van der Waals surface area contributed by atoms with Gasteiger partial charge in [-0.05, 0) is 13.3 Å². The van der Waals surface area contributed by atoms with Crippen molar-refractivity contribution in [3.8, 4) is 0 Å². The van der Waals surface area contributed by atoms with Gasteiger partial charge in [0.2, 0.25) is 0 Å². The van der Waals surface area contributed by atoms with Gasteiger partial charge >= 0.3 is 6.18 Å². The lowest BCUT2D eigenvalue weighted by atomic mass is 10.0. The first-order chi connectivity index (χ1) is 8.05.